The number of nitrogens with two attached hydrogens (primary N) is 3. The Balaban J connectivity index is 1.24. The van der Waals surface area contributed by atoms with E-state index in [1.165, 1.54) is 29.6 Å². The van der Waals surface area contributed by atoms with E-state index in [0.717, 1.165) is 41.0 Å². The summed E-state index contributed by atoms with van der Waals surface area (Å²) in [6, 6.07) is 5.99. The third kappa shape index (κ3) is 3.99. The van der Waals surface area contributed by atoms with E-state index in [4.69, 9.17) is 17.3 Å². The number of fused-ring (bicyclic) bond motifs is 2. The second-order valence-corrected chi connectivity index (χ2v) is 8.77. The summed E-state index contributed by atoms with van der Waals surface area (Å²) in [4.78, 5) is 21.6. The number of hydrazine groups is 1. The van der Waals surface area contributed by atoms with E-state index >= 15 is 0 Å². The normalized spacial score (nSPS) is 18.1. The molecule has 1 unspecified atom stereocenters. The number of nitrogens with one attached hydrogen (secondary N) is 1. The maximum Gasteiger partial charge on any atom is 0.269 e. The lowest BCUT2D eigenvalue weighted by atomic mass is 10.1. The predicted molar refractivity (Wildman–Crippen MR) is 122 cm³/mol. The second-order valence-electron chi connectivity index (χ2n) is 8.77. The van der Waals surface area contributed by atoms with Crippen molar-refractivity contribution in [3.8, 4) is 0 Å². The van der Waals surface area contributed by atoms with E-state index in [9.17, 15) is 4.79 Å². The Kier molecular flexibility index (Phi) is 4.97. The van der Waals surface area contributed by atoms with Crippen molar-refractivity contribution in [3.05, 3.63) is 70.6 Å². The number of anilines is 1. The third-order valence-electron chi connectivity index (χ3n) is 6.17. The van der Waals surface area contributed by atoms with Gasteiger partial charge in [0.1, 0.15) is 17.2 Å². The van der Waals surface area contributed by atoms with Gasteiger partial charge in [-0.1, -0.05) is 6.07 Å². The molecule has 0 radical (unpaired) electrons. The molecule has 3 aromatic rings. The van der Waals surface area contributed by atoms with E-state index in [1.54, 1.807) is 0 Å². The smallest absolute Gasteiger partial charge is 0.269 e. The number of carbonyl (C=O) groups excluding carboxylic acids is 1. The molecule has 9 heteroatoms. The van der Waals surface area contributed by atoms with Gasteiger partial charge in [-0.2, -0.15) is 0 Å². The summed E-state index contributed by atoms with van der Waals surface area (Å²) >= 11 is 0. The zero-order chi connectivity index (χ0) is 22.4. The van der Waals surface area contributed by atoms with Gasteiger partial charge in [-0.05, 0) is 67.3 Å². The molecule has 7 N–H and O–H groups in total. The Morgan fingerprint density at radius 2 is 2.09 bits per heavy atom. The van der Waals surface area contributed by atoms with Gasteiger partial charge in [0, 0.05) is 24.3 Å². The Bertz CT molecular complexity index is 1230. The highest BCUT2D eigenvalue weighted by Gasteiger charge is 2.27. The Morgan fingerprint density at radius 1 is 1.28 bits per heavy atom. The summed E-state index contributed by atoms with van der Waals surface area (Å²) < 4.78 is 2.02. The lowest BCUT2D eigenvalue weighted by Crippen LogP contribution is -2.34. The monoisotopic (exact) mass is 432 g/mol. The average Bonchev–Trinajstić information content (AvgIpc) is 3.40. The van der Waals surface area contributed by atoms with Crippen LogP contribution in [-0.4, -0.2) is 25.3 Å². The Labute approximate surface area is 186 Å². The first kappa shape index (κ1) is 20.3. The Morgan fingerprint density at radius 3 is 2.88 bits per heavy atom. The van der Waals surface area contributed by atoms with Crippen LogP contribution in [0, 0.1) is 6.92 Å². The number of imidazole rings is 1. The molecule has 1 saturated carbocycles. The van der Waals surface area contributed by atoms with Crippen molar-refractivity contribution in [2.75, 3.05) is 5.73 Å². The SMILES string of the molecule is Cc1cc2c(c(N)n1)CCC2NC(=O)/C(N)=C/N(N)Cc1cn2cc(C3CC3)ccc2n1. The highest BCUT2D eigenvalue weighted by Crippen LogP contribution is 2.40. The molecule has 1 amide bonds. The number of aryl methyl sites for hydroxylation is 1. The summed E-state index contributed by atoms with van der Waals surface area (Å²) in [5.74, 6) is 6.95. The second kappa shape index (κ2) is 7.83. The van der Waals surface area contributed by atoms with Gasteiger partial charge < -0.3 is 26.2 Å². The summed E-state index contributed by atoms with van der Waals surface area (Å²) in [5.41, 5.74) is 18.0. The number of hydrogen-bond donors (Lipinski definition) is 4. The molecule has 0 saturated heterocycles. The van der Waals surface area contributed by atoms with E-state index in [2.05, 4.69) is 27.5 Å². The maximum atomic E-state index is 12.7. The van der Waals surface area contributed by atoms with Crippen molar-refractivity contribution in [1.29, 1.82) is 0 Å². The standard InChI is InChI=1S/C23H28N8O/c1-13-8-18-17(22(25)27-13)5-6-20(18)29-23(32)19(24)12-31(26)11-16-10-30-9-15(14-2-3-14)4-7-21(30)28-16/h4,7-10,12,14,20H,2-3,5-6,11,24,26H2,1H3,(H2,25,27)(H,29,32)/b19-12-. The number of hydrogen-bond acceptors (Lipinski definition) is 7. The van der Waals surface area contributed by atoms with Crippen LogP contribution in [0.25, 0.3) is 5.65 Å². The van der Waals surface area contributed by atoms with E-state index in [-0.39, 0.29) is 17.6 Å². The number of nitrogen functional groups attached to an aromatic ring is 1. The molecule has 0 aliphatic heterocycles. The minimum atomic E-state index is -0.365. The summed E-state index contributed by atoms with van der Waals surface area (Å²) in [6.07, 6.45) is 9.59. The number of amides is 1. The van der Waals surface area contributed by atoms with Gasteiger partial charge in [-0.25, -0.2) is 15.8 Å². The van der Waals surface area contributed by atoms with E-state index < -0.39 is 0 Å². The molecule has 0 aromatic carbocycles. The quantitative estimate of drug-likeness (QED) is 0.264. The molecular weight excluding hydrogens is 404 g/mol. The fourth-order valence-corrected chi connectivity index (χ4v) is 4.43. The first-order valence-corrected chi connectivity index (χ1v) is 10.9. The highest BCUT2D eigenvalue weighted by molar-refractivity contribution is 5.92. The predicted octanol–water partition coefficient (Wildman–Crippen LogP) is 1.78. The van der Waals surface area contributed by atoms with Crippen molar-refractivity contribution in [2.24, 2.45) is 11.6 Å². The fraction of sp³-hybridized carbons (Fsp3) is 0.348. The molecule has 0 spiro atoms. The first-order valence-electron chi connectivity index (χ1n) is 10.9. The van der Waals surface area contributed by atoms with Crippen molar-refractivity contribution < 1.29 is 4.79 Å². The lowest BCUT2D eigenvalue weighted by Gasteiger charge is -2.17. The van der Waals surface area contributed by atoms with Gasteiger partial charge in [0.15, 0.2) is 0 Å². The van der Waals surface area contributed by atoms with Crippen LogP contribution < -0.4 is 22.6 Å². The van der Waals surface area contributed by atoms with Gasteiger partial charge in [0.05, 0.1) is 18.3 Å². The fourth-order valence-electron chi connectivity index (χ4n) is 4.43. The minimum absolute atomic E-state index is 0.0412. The molecule has 32 heavy (non-hydrogen) atoms. The van der Waals surface area contributed by atoms with Crippen LogP contribution in [0.2, 0.25) is 0 Å². The number of nitrogens with zero attached hydrogens (tertiary/aromatic N) is 4. The number of carbonyl (C=O) groups is 1. The van der Waals surface area contributed by atoms with Crippen LogP contribution in [0.4, 0.5) is 5.82 Å². The number of aromatic nitrogens is 3. The van der Waals surface area contributed by atoms with Crippen LogP contribution >= 0.6 is 0 Å². The molecule has 0 bridgehead atoms. The molecule has 1 fully saturated rings. The molecule has 9 nitrogen and oxygen atoms in total. The molecule has 1 atom stereocenters. The largest absolute Gasteiger partial charge is 0.393 e. The minimum Gasteiger partial charge on any atom is -0.393 e. The van der Waals surface area contributed by atoms with Crippen molar-refractivity contribution in [1.82, 2.24) is 24.7 Å². The number of rotatable bonds is 6. The van der Waals surface area contributed by atoms with Gasteiger partial charge >= 0.3 is 0 Å². The summed E-state index contributed by atoms with van der Waals surface area (Å²) in [7, 11) is 0. The van der Waals surface area contributed by atoms with Crippen molar-refractivity contribution >= 4 is 17.4 Å². The van der Waals surface area contributed by atoms with Gasteiger partial charge in [0.25, 0.3) is 5.91 Å². The van der Waals surface area contributed by atoms with Crippen LogP contribution in [0.5, 0.6) is 0 Å². The number of pyridine rings is 2. The summed E-state index contributed by atoms with van der Waals surface area (Å²) in [6.45, 7) is 2.22. The molecule has 2 aliphatic rings. The molecular formula is C23H28N8O. The van der Waals surface area contributed by atoms with Crippen LogP contribution in [0.15, 0.2) is 42.5 Å². The highest BCUT2D eigenvalue weighted by atomic mass is 16.2. The van der Waals surface area contributed by atoms with Crippen molar-refractivity contribution in [2.45, 2.75) is 51.1 Å². The lowest BCUT2D eigenvalue weighted by molar-refractivity contribution is -0.118. The zero-order valence-electron chi connectivity index (χ0n) is 18.1. The molecule has 3 aromatic heterocycles. The topological polar surface area (TPSA) is 141 Å². The van der Waals surface area contributed by atoms with Gasteiger partial charge in [0.2, 0.25) is 0 Å². The Hall–Kier alpha value is -3.59. The van der Waals surface area contributed by atoms with Crippen LogP contribution in [0.1, 0.15) is 59.3 Å². The molecule has 166 valence electrons. The van der Waals surface area contributed by atoms with Crippen LogP contribution in [0.3, 0.4) is 0 Å². The molecule has 2 aliphatic carbocycles. The third-order valence-corrected chi connectivity index (χ3v) is 6.17. The first-order chi connectivity index (χ1) is 15.4. The summed E-state index contributed by atoms with van der Waals surface area (Å²) in [5, 5.41) is 4.37. The van der Waals surface area contributed by atoms with Gasteiger partial charge in [-0.15, -0.1) is 0 Å². The van der Waals surface area contributed by atoms with Gasteiger partial charge in [-0.3, -0.25) is 4.79 Å². The van der Waals surface area contributed by atoms with E-state index in [0.29, 0.717) is 18.3 Å². The maximum absolute atomic E-state index is 12.7. The molecule has 3 heterocycles. The van der Waals surface area contributed by atoms with Crippen LogP contribution in [-0.2, 0) is 17.8 Å². The van der Waals surface area contributed by atoms with E-state index in [1.807, 2.05) is 29.7 Å². The average molecular weight is 433 g/mol. The zero-order valence-corrected chi connectivity index (χ0v) is 18.1. The van der Waals surface area contributed by atoms with Crippen molar-refractivity contribution in [3.63, 3.8) is 0 Å². The molecule has 5 rings (SSSR count).